The van der Waals surface area contributed by atoms with Crippen LogP contribution in [0.15, 0.2) is 0 Å². The molecule has 86 valence electrons. The number of carbonyl (C=O) groups is 1. The average molecular weight is 229 g/mol. The van der Waals surface area contributed by atoms with Gasteiger partial charge in [-0.25, -0.2) is 0 Å². The highest BCUT2D eigenvalue weighted by Crippen LogP contribution is 2.35. The first-order chi connectivity index (χ1) is 6.73. The number of terminal acetylenes is 1. The molecule has 0 heterocycles. The molecule has 0 aliphatic carbocycles. The van der Waals surface area contributed by atoms with Gasteiger partial charge in [-0.05, 0) is 6.42 Å². The highest BCUT2D eigenvalue weighted by Gasteiger charge is 2.63. The third kappa shape index (κ3) is 3.73. The van der Waals surface area contributed by atoms with Crippen LogP contribution in [-0.4, -0.2) is 24.6 Å². The second-order valence-corrected chi connectivity index (χ2v) is 2.64. The summed E-state index contributed by atoms with van der Waals surface area (Å²) in [6, 6.07) is 0. The van der Waals surface area contributed by atoms with Crippen molar-refractivity contribution in [3.8, 4) is 12.3 Å². The van der Waals surface area contributed by atoms with E-state index in [0.717, 1.165) is 0 Å². The third-order valence-electron chi connectivity index (χ3n) is 1.42. The van der Waals surface area contributed by atoms with Gasteiger partial charge in [0.1, 0.15) is 0 Å². The zero-order valence-electron chi connectivity index (χ0n) is 7.50. The molecule has 1 amide bonds. The normalized spacial score (nSPS) is 12.0. The van der Waals surface area contributed by atoms with Crippen molar-refractivity contribution >= 4 is 5.91 Å². The summed E-state index contributed by atoms with van der Waals surface area (Å²) in [5.41, 5.74) is 0. The highest BCUT2D eigenvalue weighted by molar-refractivity contribution is 5.84. The summed E-state index contributed by atoms with van der Waals surface area (Å²) >= 11 is 0. The molecule has 0 aromatic carbocycles. The van der Waals surface area contributed by atoms with Gasteiger partial charge in [-0.1, -0.05) is 0 Å². The number of halogens is 5. The van der Waals surface area contributed by atoms with E-state index in [4.69, 9.17) is 6.42 Å². The molecule has 0 radical (unpaired) electrons. The lowest BCUT2D eigenvalue weighted by molar-refractivity contribution is -0.269. The highest BCUT2D eigenvalue weighted by atomic mass is 19.4. The van der Waals surface area contributed by atoms with Gasteiger partial charge in [-0.15, -0.1) is 12.3 Å². The van der Waals surface area contributed by atoms with Crippen molar-refractivity contribution in [3.05, 3.63) is 0 Å². The Labute approximate surface area is 82.8 Å². The molecule has 7 heteroatoms. The molecule has 0 rings (SSSR count). The molecule has 0 fully saturated rings. The van der Waals surface area contributed by atoms with Crippen molar-refractivity contribution in [3.63, 3.8) is 0 Å². The summed E-state index contributed by atoms with van der Waals surface area (Å²) in [4.78, 5) is 10.4. The Morgan fingerprint density at radius 3 is 2.20 bits per heavy atom. The fourth-order valence-electron chi connectivity index (χ4n) is 0.632. The third-order valence-corrected chi connectivity index (χ3v) is 1.42. The van der Waals surface area contributed by atoms with E-state index >= 15 is 0 Å². The van der Waals surface area contributed by atoms with Crippen LogP contribution in [0.4, 0.5) is 22.0 Å². The number of hydrogen-bond acceptors (Lipinski definition) is 1. The first-order valence-electron chi connectivity index (χ1n) is 3.89. The number of rotatable bonds is 4. The first-order valence-corrected chi connectivity index (χ1v) is 3.89. The van der Waals surface area contributed by atoms with E-state index in [-0.39, 0.29) is 19.4 Å². The molecule has 0 bridgehead atoms. The van der Waals surface area contributed by atoms with E-state index in [2.05, 4.69) is 5.92 Å². The summed E-state index contributed by atoms with van der Waals surface area (Å²) in [5, 5.41) is 1.46. The Kier molecular flexibility index (Phi) is 4.52. The molecular formula is C8H8F5NO. The van der Waals surface area contributed by atoms with Crippen LogP contribution < -0.4 is 5.32 Å². The maximum Gasteiger partial charge on any atom is 0.463 e. The van der Waals surface area contributed by atoms with E-state index in [1.54, 1.807) is 0 Å². The molecule has 0 aromatic heterocycles. The molecule has 0 aliphatic rings. The predicted molar refractivity (Wildman–Crippen MR) is 42.1 cm³/mol. The Balaban J connectivity index is 4.17. The van der Waals surface area contributed by atoms with E-state index < -0.39 is 18.0 Å². The number of carbonyl (C=O) groups excluding carboxylic acids is 1. The molecule has 15 heavy (non-hydrogen) atoms. The zero-order chi connectivity index (χ0) is 12.1. The van der Waals surface area contributed by atoms with Gasteiger partial charge in [0.2, 0.25) is 0 Å². The SMILES string of the molecule is C#CCCCNC(=O)C(F)(F)C(F)(F)F. The second-order valence-electron chi connectivity index (χ2n) is 2.64. The molecule has 2 nitrogen and oxygen atoms in total. The second kappa shape index (κ2) is 4.96. The minimum Gasteiger partial charge on any atom is -0.351 e. The van der Waals surface area contributed by atoms with Gasteiger partial charge < -0.3 is 5.32 Å². The fraction of sp³-hybridized carbons (Fsp3) is 0.625. The molecule has 0 spiro atoms. The van der Waals surface area contributed by atoms with E-state index in [1.165, 1.54) is 5.32 Å². The lowest BCUT2D eigenvalue weighted by Crippen LogP contribution is -2.50. The molecule has 0 aliphatic heterocycles. The van der Waals surface area contributed by atoms with Gasteiger partial charge in [0.25, 0.3) is 5.91 Å². The Morgan fingerprint density at radius 1 is 1.27 bits per heavy atom. The molecule has 0 saturated carbocycles. The van der Waals surface area contributed by atoms with Crippen LogP contribution in [-0.2, 0) is 4.79 Å². The number of alkyl halides is 5. The van der Waals surface area contributed by atoms with Crippen LogP contribution in [0.5, 0.6) is 0 Å². The maximum absolute atomic E-state index is 12.3. The lowest BCUT2D eigenvalue weighted by Gasteiger charge is -2.18. The minimum absolute atomic E-state index is 0.149. The maximum atomic E-state index is 12.3. The van der Waals surface area contributed by atoms with Gasteiger partial charge in [0.15, 0.2) is 0 Å². The van der Waals surface area contributed by atoms with Gasteiger partial charge in [-0.2, -0.15) is 22.0 Å². The van der Waals surface area contributed by atoms with Crippen molar-refractivity contribution in [2.75, 3.05) is 6.54 Å². The Bertz CT molecular complexity index is 265. The summed E-state index contributed by atoms with van der Waals surface area (Å²) < 4.78 is 59.4. The van der Waals surface area contributed by atoms with Crippen LogP contribution in [0.25, 0.3) is 0 Å². The fourth-order valence-corrected chi connectivity index (χ4v) is 0.632. The molecule has 0 atom stereocenters. The molecule has 0 saturated heterocycles. The van der Waals surface area contributed by atoms with Crippen LogP contribution >= 0.6 is 0 Å². The minimum atomic E-state index is -5.87. The molecule has 1 N–H and O–H groups in total. The monoisotopic (exact) mass is 229 g/mol. The summed E-state index contributed by atoms with van der Waals surface area (Å²) in [6.45, 7) is -0.311. The van der Waals surface area contributed by atoms with Crippen molar-refractivity contribution in [1.29, 1.82) is 0 Å². The lowest BCUT2D eigenvalue weighted by atomic mass is 10.3. The standard InChI is InChI=1S/C8H8F5NO/c1-2-3-4-5-14-6(15)7(9,10)8(11,12)13/h1H,3-5H2,(H,14,15). The summed E-state index contributed by atoms with van der Waals surface area (Å²) in [5.74, 6) is -5.56. The van der Waals surface area contributed by atoms with E-state index in [1.807, 2.05) is 0 Å². The van der Waals surface area contributed by atoms with Gasteiger partial charge in [-0.3, -0.25) is 4.79 Å². The van der Waals surface area contributed by atoms with Crippen molar-refractivity contribution in [2.45, 2.75) is 24.9 Å². The molecule has 0 aromatic rings. The van der Waals surface area contributed by atoms with Crippen LogP contribution in [0.3, 0.4) is 0 Å². The van der Waals surface area contributed by atoms with Crippen molar-refractivity contribution in [2.24, 2.45) is 0 Å². The van der Waals surface area contributed by atoms with Crippen molar-refractivity contribution < 1.29 is 26.7 Å². The van der Waals surface area contributed by atoms with Crippen LogP contribution in [0, 0.1) is 12.3 Å². The zero-order valence-corrected chi connectivity index (χ0v) is 7.50. The van der Waals surface area contributed by atoms with Crippen LogP contribution in [0.1, 0.15) is 12.8 Å². The number of hydrogen-bond donors (Lipinski definition) is 1. The number of unbranched alkanes of at least 4 members (excludes halogenated alkanes) is 1. The summed E-state index contributed by atoms with van der Waals surface area (Å²) in [6.07, 6.45) is -0.721. The van der Waals surface area contributed by atoms with Crippen LogP contribution in [0.2, 0.25) is 0 Å². The smallest absolute Gasteiger partial charge is 0.351 e. The quantitative estimate of drug-likeness (QED) is 0.444. The average Bonchev–Trinajstić information content (AvgIpc) is 2.10. The van der Waals surface area contributed by atoms with Gasteiger partial charge >= 0.3 is 12.1 Å². The van der Waals surface area contributed by atoms with Gasteiger partial charge in [0, 0.05) is 13.0 Å². The largest absolute Gasteiger partial charge is 0.463 e. The molecule has 0 unspecified atom stereocenters. The Morgan fingerprint density at radius 2 is 1.80 bits per heavy atom. The topological polar surface area (TPSA) is 29.1 Å². The van der Waals surface area contributed by atoms with E-state index in [9.17, 15) is 26.7 Å². The number of amides is 1. The van der Waals surface area contributed by atoms with Crippen molar-refractivity contribution in [1.82, 2.24) is 5.32 Å². The first kappa shape index (κ1) is 13.7. The predicted octanol–water partition coefficient (Wildman–Crippen LogP) is 1.71. The van der Waals surface area contributed by atoms with E-state index in [0.29, 0.717) is 0 Å². The number of nitrogens with one attached hydrogen (secondary N) is 1. The van der Waals surface area contributed by atoms with Gasteiger partial charge in [0.05, 0.1) is 0 Å². The molecular weight excluding hydrogens is 221 g/mol. The summed E-state index contributed by atoms with van der Waals surface area (Å²) in [7, 11) is 0. The Hall–Kier alpha value is -1.32.